The van der Waals surface area contributed by atoms with E-state index in [1.807, 2.05) is 6.07 Å². The minimum atomic E-state index is -2.28. The molecule has 6 rings (SSSR count). The lowest BCUT2D eigenvalue weighted by molar-refractivity contribution is 0.381. The highest BCUT2D eigenvalue weighted by molar-refractivity contribution is 9.18. The summed E-state index contributed by atoms with van der Waals surface area (Å²) >= 11 is 28.0. The lowest BCUT2D eigenvalue weighted by Gasteiger charge is -2.11. The van der Waals surface area contributed by atoms with Crippen molar-refractivity contribution in [2.45, 2.75) is 0 Å². The van der Waals surface area contributed by atoms with Crippen LogP contribution in [-0.2, 0) is 0 Å². The van der Waals surface area contributed by atoms with Crippen LogP contribution in [0.25, 0.3) is 51.1 Å². The molecule has 0 radical (unpaired) electrons. The molecule has 0 aliphatic carbocycles. The number of H-pyrrole nitrogens is 2. The van der Waals surface area contributed by atoms with Crippen molar-refractivity contribution in [1.29, 1.82) is 0 Å². The second kappa shape index (κ2) is 11.8. The molecule has 3 aromatic heterocycles. The van der Waals surface area contributed by atoms with Crippen LogP contribution >= 0.6 is 127 Å². The topological polar surface area (TPSA) is 57.4 Å². The molecule has 0 spiro atoms. The van der Waals surface area contributed by atoms with Crippen molar-refractivity contribution in [3.05, 3.63) is 88.0 Å². The number of hydrogen-bond acceptors (Lipinski definition) is 2. The lowest BCUT2D eigenvalue weighted by atomic mass is 10.0. The maximum Gasteiger partial charge on any atom is 0.200 e. The molecule has 1 aromatic carbocycles. The van der Waals surface area contributed by atoms with Gasteiger partial charge in [0.1, 0.15) is 0 Å². The summed E-state index contributed by atoms with van der Waals surface area (Å²) in [6.45, 7) is 0. The SMILES string of the molecule is Fc1c(F)c(F)c(-c2c3nc(cc4[nH]c(cc5nc(cc6[nH]c2c(Br)c6Br)C(Br)=C5Br)c(Br)c4Br)C(Br)=C3Br)c(F)c1F. The molecule has 2 aliphatic rings. The monoisotopic (exact) mass is 1100 g/mol. The van der Waals surface area contributed by atoms with Gasteiger partial charge in [-0.1, -0.05) is 0 Å². The highest BCUT2D eigenvalue weighted by Gasteiger charge is 2.32. The van der Waals surface area contributed by atoms with Crippen molar-refractivity contribution in [1.82, 2.24) is 19.9 Å². The second-order valence-corrected chi connectivity index (χ2v) is 15.2. The van der Waals surface area contributed by atoms with Gasteiger partial charge in [-0.05, 0) is 146 Å². The van der Waals surface area contributed by atoms with E-state index in [4.69, 9.17) is 4.98 Å². The maximum absolute atomic E-state index is 15.5. The summed E-state index contributed by atoms with van der Waals surface area (Å²) < 4.78 is 78.0. The van der Waals surface area contributed by atoms with Gasteiger partial charge in [0.15, 0.2) is 23.3 Å². The third-order valence-electron chi connectivity index (χ3n) is 6.37. The van der Waals surface area contributed by atoms with Gasteiger partial charge in [0.05, 0.1) is 86.2 Å². The van der Waals surface area contributed by atoms with E-state index >= 15 is 8.78 Å². The number of nitrogens with one attached hydrogen (secondary N) is 2. The quantitative estimate of drug-likeness (QED) is 0.113. The molecular weight excluding hydrogens is 1100 g/mol. The van der Waals surface area contributed by atoms with Gasteiger partial charge >= 0.3 is 0 Å². The Morgan fingerprint density at radius 3 is 1.35 bits per heavy atom. The number of rotatable bonds is 1. The van der Waals surface area contributed by atoms with E-state index in [1.165, 1.54) is 0 Å². The van der Waals surface area contributed by atoms with E-state index < -0.39 is 40.2 Å². The van der Waals surface area contributed by atoms with Gasteiger partial charge in [0.2, 0.25) is 5.82 Å². The molecule has 0 atom stereocenters. The molecule has 0 fully saturated rings. The normalized spacial score (nSPS) is 13.5. The predicted octanol–water partition coefficient (Wildman–Crippen LogP) is 13.0. The Labute approximate surface area is 305 Å². The summed E-state index contributed by atoms with van der Waals surface area (Å²) in [6, 6.07) is 5.10. The third kappa shape index (κ3) is 5.15. The molecule has 8 bridgehead atoms. The summed E-state index contributed by atoms with van der Waals surface area (Å²) in [4.78, 5) is 15.6. The molecule has 17 heteroatoms. The van der Waals surface area contributed by atoms with Crippen molar-refractivity contribution in [3.63, 3.8) is 0 Å². The van der Waals surface area contributed by atoms with Crippen LogP contribution < -0.4 is 0 Å². The highest BCUT2D eigenvalue weighted by Crippen LogP contribution is 2.48. The Morgan fingerprint density at radius 2 is 0.837 bits per heavy atom. The highest BCUT2D eigenvalue weighted by atomic mass is 79.9. The van der Waals surface area contributed by atoms with E-state index in [0.29, 0.717) is 54.8 Å². The summed E-state index contributed by atoms with van der Waals surface area (Å²) in [5, 5.41) is 0. The number of fused-ring (bicyclic) bond motifs is 8. The standard InChI is InChI=1S/C26H5Br8F5N4/c27-12-4-1-5-13(28)15(30)7(41-5)3-9-17(32)19(34)26(43-9)11(10-20(35)22(37)24(39)23(38)21(10)36)25-18(33)16(31)8(42-25)2-6(40-4)14(12)29/h1-3,40,43H. The number of nitrogens with zero attached hydrogens (tertiary/aromatic N) is 2. The average molecular weight is 1110 g/mol. The van der Waals surface area contributed by atoms with Crippen LogP contribution in [0.3, 0.4) is 0 Å². The van der Waals surface area contributed by atoms with Crippen molar-refractivity contribution in [2.24, 2.45) is 0 Å². The molecule has 0 amide bonds. The summed E-state index contributed by atoms with van der Waals surface area (Å²) in [7, 11) is 0. The summed E-state index contributed by atoms with van der Waals surface area (Å²) in [5.41, 5.74) is 1.19. The van der Waals surface area contributed by atoms with Crippen LogP contribution in [0, 0.1) is 29.1 Å². The Bertz CT molecular complexity index is 2160. The fourth-order valence-corrected chi connectivity index (χ4v) is 7.84. The van der Waals surface area contributed by atoms with Gasteiger partial charge in [-0.2, -0.15) is 0 Å². The molecule has 2 N–H and O–H groups in total. The number of halogens is 13. The number of benzene rings is 1. The number of aromatic nitrogens is 4. The van der Waals surface area contributed by atoms with Crippen molar-refractivity contribution < 1.29 is 22.0 Å². The Kier molecular flexibility index (Phi) is 8.88. The van der Waals surface area contributed by atoms with Gasteiger partial charge in [-0.3, -0.25) is 0 Å². The molecule has 0 saturated heterocycles. The fraction of sp³-hybridized carbons (Fsp3) is 0. The number of aromatic amines is 2. The largest absolute Gasteiger partial charge is 0.353 e. The fourth-order valence-electron chi connectivity index (χ4n) is 4.37. The first kappa shape index (κ1) is 32.3. The van der Waals surface area contributed by atoms with Gasteiger partial charge in [0.25, 0.3) is 0 Å². The zero-order valence-electron chi connectivity index (χ0n) is 20.0. The predicted molar refractivity (Wildman–Crippen MR) is 186 cm³/mol. The average Bonchev–Trinajstić information content (AvgIpc) is 3.61. The zero-order chi connectivity index (χ0) is 31.2. The zero-order valence-corrected chi connectivity index (χ0v) is 32.7. The van der Waals surface area contributed by atoms with E-state index in [2.05, 4.69) is 142 Å². The van der Waals surface area contributed by atoms with Crippen LogP contribution in [-0.4, -0.2) is 19.9 Å². The van der Waals surface area contributed by atoms with Crippen molar-refractivity contribution in [2.75, 3.05) is 0 Å². The Hall–Kier alpha value is -0.690. The molecule has 220 valence electrons. The van der Waals surface area contributed by atoms with Crippen LogP contribution in [0.4, 0.5) is 22.0 Å². The Balaban J connectivity index is 1.92. The molecule has 2 aliphatic heterocycles. The molecule has 0 saturated carbocycles. The molecule has 4 nitrogen and oxygen atoms in total. The van der Waals surface area contributed by atoms with Gasteiger partial charge in [-0.15, -0.1) is 0 Å². The van der Waals surface area contributed by atoms with Gasteiger partial charge in [-0.25, -0.2) is 31.9 Å². The van der Waals surface area contributed by atoms with Crippen molar-refractivity contribution >= 4 is 167 Å². The summed E-state index contributed by atoms with van der Waals surface area (Å²) in [5.74, 6) is -10.5. The third-order valence-corrected chi connectivity index (χ3v) is 14.9. The van der Waals surface area contributed by atoms with Crippen LogP contribution in [0.2, 0.25) is 0 Å². The van der Waals surface area contributed by atoms with E-state index in [1.54, 1.807) is 12.1 Å². The van der Waals surface area contributed by atoms with E-state index in [9.17, 15) is 13.2 Å². The lowest BCUT2D eigenvalue weighted by Crippen LogP contribution is -2.05. The first-order valence-electron chi connectivity index (χ1n) is 11.3. The molecule has 4 aromatic rings. The number of hydrogen-bond donors (Lipinski definition) is 2. The Morgan fingerprint density at radius 1 is 0.442 bits per heavy atom. The van der Waals surface area contributed by atoms with Crippen LogP contribution in [0.1, 0.15) is 22.8 Å². The second-order valence-electron chi connectivity index (χ2n) is 8.86. The molecular formula is C26H5Br8F5N4. The molecule has 0 unspecified atom stereocenters. The van der Waals surface area contributed by atoms with Crippen molar-refractivity contribution in [3.8, 4) is 11.1 Å². The molecule has 43 heavy (non-hydrogen) atoms. The van der Waals surface area contributed by atoms with Crippen LogP contribution in [0.5, 0.6) is 0 Å². The van der Waals surface area contributed by atoms with Gasteiger partial charge in [0, 0.05) is 5.56 Å². The summed E-state index contributed by atoms with van der Waals surface area (Å²) in [6.07, 6.45) is 0. The first-order valence-corrected chi connectivity index (χ1v) is 17.7. The maximum atomic E-state index is 15.5. The van der Waals surface area contributed by atoms with E-state index in [0.717, 1.165) is 0 Å². The smallest absolute Gasteiger partial charge is 0.200 e. The van der Waals surface area contributed by atoms with E-state index in [-0.39, 0.29) is 25.9 Å². The minimum Gasteiger partial charge on any atom is -0.353 e. The molecule has 5 heterocycles. The van der Waals surface area contributed by atoms with Gasteiger partial charge < -0.3 is 9.97 Å². The first-order chi connectivity index (χ1) is 20.2. The minimum absolute atomic E-state index is 0.0229. The van der Waals surface area contributed by atoms with Crippen LogP contribution in [0.15, 0.2) is 36.1 Å².